The van der Waals surface area contributed by atoms with Crippen LogP contribution in [0.1, 0.15) is 39.0 Å². The van der Waals surface area contributed by atoms with E-state index in [1.54, 1.807) is 0 Å². The van der Waals surface area contributed by atoms with Crippen LogP contribution in [0.5, 0.6) is 0 Å². The highest BCUT2D eigenvalue weighted by molar-refractivity contribution is 5.79. The smallest absolute Gasteiger partial charge is 0.234 e. The van der Waals surface area contributed by atoms with Gasteiger partial charge in [0.2, 0.25) is 11.8 Å². The summed E-state index contributed by atoms with van der Waals surface area (Å²) in [5.74, 6) is -0.508. The van der Waals surface area contributed by atoms with Gasteiger partial charge in [-0.1, -0.05) is 6.92 Å². The van der Waals surface area contributed by atoms with Crippen molar-refractivity contribution in [3.8, 4) is 0 Å². The van der Waals surface area contributed by atoms with Crippen LogP contribution < -0.4 is 16.8 Å². The van der Waals surface area contributed by atoms with Gasteiger partial charge < -0.3 is 16.8 Å². The van der Waals surface area contributed by atoms with Gasteiger partial charge in [-0.05, 0) is 32.1 Å². The zero-order valence-corrected chi connectivity index (χ0v) is 9.74. The summed E-state index contributed by atoms with van der Waals surface area (Å²) in [6, 6.07) is 0.0307. The van der Waals surface area contributed by atoms with Crippen LogP contribution in [0.3, 0.4) is 0 Å². The maximum atomic E-state index is 11.1. The van der Waals surface area contributed by atoms with E-state index in [0.29, 0.717) is 6.42 Å². The van der Waals surface area contributed by atoms with Gasteiger partial charge in [-0.3, -0.25) is 9.59 Å². The van der Waals surface area contributed by atoms with Crippen LogP contribution >= 0.6 is 0 Å². The predicted molar refractivity (Wildman–Crippen MR) is 61.3 cm³/mol. The van der Waals surface area contributed by atoms with Crippen molar-refractivity contribution in [3.63, 3.8) is 0 Å². The molecule has 0 aromatic rings. The van der Waals surface area contributed by atoms with Gasteiger partial charge in [-0.25, -0.2) is 0 Å². The molecular weight excluding hydrogens is 206 g/mol. The first kappa shape index (κ1) is 13.0. The number of primary amides is 2. The first-order valence-electron chi connectivity index (χ1n) is 5.89. The molecule has 1 unspecified atom stereocenters. The Hall–Kier alpha value is -1.10. The molecule has 1 saturated carbocycles. The van der Waals surface area contributed by atoms with E-state index in [-0.39, 0.29) is 29.8 Å². The third-order valence-corrected chi connectivity index (χ3v) is 3.32. The average molecular weight is 227 g/mol. The van der Waals surface area contributed by atoms with Crippen molar-refractivity contribution in [1.82, 2.24) is 5.32 Å². The Kier molecular flexibility index (Phi) is 4.73. The minimum atomic E-state index is -0.306. The molecule has 16 heavy (non-hydrogen) atoms. The van der Waals surface area contributed by atoms with E-state index in [9.17, 15) is 9.59 Å². The molecule has 0 heterocycles. The fourth-order valence-electron chi connectivity index (χ4n) is 2.23. The van der Waals surface area contributed by atoms with E-state index in [1.165, 1.54) is 0 Å². The van der Waals surface area contributed by atoms with Crippen molar-refractivity contribution in [2.24, 2.45) is 17.4 Å². The largest absolute Gasteiger partial charge is 0.369 e. The summed E-state index contributed by atoms with van der Waals surface area (Å²) in [4.78, 5) is 22.0. The highest BCUT2D eigenvalue weighted by Gasteiger charge is 2.26. The van der Waals surface area contributed by atoms with E-state index >= 15 is 0 Å². The molecule has 1 aliphatic carbocycles. The molecule has 0 aromatic heterocycles. The Morgan fingerprint density at radius 1 is 1.25 bits per heavy atom. The fraction of sp³-hybridized carbons (Fsp3) is 0.818. The lowest BCUT2D eigenvalue weighted by Crippen LogP contribution is -2.47. The molecule has 2 amide bonds. The lowest BCUT2D eigenvalue weighted by molar-refractivity contribution is -0.123. The zero-order chi connectivity index (χ0) is 12.1. The molecule has 1 fully saturated rings. The summed E-state index contributed by atoms with van der Waals surface area (Å²) in [6.45, 7) is 1.93. The predicted octanol–water partition coefficient (Wildman–Crippen LogP) is -0.116. The van der Waals surface area contributed by atoms with Crippen molar-refractivity contribution < 1.29 is 9.59 Å². The van der Waals surface area contributed by atoms with Crippen molar-refractivity contribution >= 4 is 11.8 Å². The van der Waals surface area contributed by atoms with Crippen molar-refractivity contribution in [2.45, 2.75) is 51.1 Å². The maximum Gasteiger partial charge on any atom is 0.234 e. The third kappa shape index (κ3) is 3.48. The molecule has 0 radical (unpaired) electrons. The quantitative estimate of drug-likeness (QED) is 0.611. The van der Waals surface area contributed by atoms with Gasteiger partial charge in [-0.15, -0.1) is 0 Å². The first-order chi connectivity index (χ1) is 7.54. The molecule has 0 spiro atoms. The number of carbonyl (C=O) groups excluding carboxylic acids is 2. The Morgan fingerprint density at radius 3 is 2.19 bits per heavy atom. The minimum absolute atomic E-state index is 0.00621. The molecule has 92 valence electrons. The lowest BCUT2D eigenvalue weighted by atomic mass is 9.85. The minimum Gasteiger partial charge on any atom is -0.369 e. The Bertz CT molecular complexity index is 260. The van der Waals surface area contributed by atoms with Crippen LogP contribution in [0.2, 0.25) is 0 Å². The first-order valence-corrected chi connectivity index (χ1v) is 5.89. The molecule has 0 saturated heterocycles. The molecular formula is C11H21N3O2. The van der Waals surface area contributed by atoms with E-state index < -0.39 is 0 Å². The number of carbonyl (C=O) groups is 2. The van der Waals surface area contributed by atoms with Gasteiger partial charge >= 0.3 is 0 Å². The van der Waals surface area contributed by atoms with Crippen LogP contribution in [0, 0.1) is 5.92 Å². The van der Waals surface area contributed by atoms with Gasteiger partial charge in [0.1, 0.15) is 0 Å². The highest BCUT2D eigenvalue weighted by atomic mass is 16.1. The fourth-order valence-corrected chi connectivity index (χ4v) is 2.23. The van der Waals surface area contributed by atoms with E-state index in [4.69, 9.17) is 11.5 Å². The molecule has 5 N–H and O–H groups in total. The molecule has 0 bridgehead atoms. The van der Waals surface area contributed by atoms with Crippen LogP contribution in [0.25, 0.3) is 0 Å². The number of rotatable bonds is 5. The number of hydrogen-bond donors (Lipinski definition) is 3. The summed E-state index contributed by atoms with van der Waals surface area (Å²) < 4.78 is 0. The Morgan fingerprint density at radius 2 is 1.81 bits per heavy atom. The SMILES string of the molecule is CCC(NC1CCC(C(N)=O)CC1)C(N)=O. The molecule has 0 aliphatic heterocycles. The standard InChI is InChI=1S/C11H21N3O2/c1-2-9(11(13)16)14-8-5-3-7(4-6-8)10(12)15/h7-9,14H,2-6H2,1H3,(H2,12,15)(H2,13,16). The maximum absolute atomic E-state index is 11.1. The summed E-state index contributed by atoms with van der Waals surface area (Å²) in [6.07, 6.45) is 4.09. The van der Waals surface area contributed by atoms with Gasteiger partial charge in [-0.2, -0.15) is 0 Å². The molecule has 1 atom stereocenters. The molecule has 0 aromatic carbocycles. The van der Waals surface area contributed by atoms with Gasteiger partial charge in [0.25, 0.3) is 0 Å². The average Bonchev–Trinajstić information content (AvgIpc) is 2.26. The molecule has 1 aliphatic rings. The summed E-state index contributed by atoms with van der Waals surface area (Å²) in [5, 5.41) is 3.24. The number of amides is 2. The summed E-state index contributed by atoms with van der Waals surface area (Å²) in [5.41, 5.74) is 10.5. The number of nitrogens with two attached hydrogens (primary N) is 2. The number of hydrogen-bond acceptors (Lipinski definition) is 3. The van der Waals surface area contributed by atoms with Crippen molar-refractivity contribution in [2.75, 3.05) is 0 Å². The third-order valence-electron chi connectivity index (χ3n) is 3.32. The van der Waals surface area contributed by atoms with Crippen LogP contribution in [0.15, 0.2) is 0 Å². The summed E-state index contributed by atoms with van der Waals surface area (Å²) in [7, 11) is 0. The second-order valence-corrected chi connectivity index (χ2v) is 4.48. The van der Waals surface area contributed by atoms with Crippen LogP contribution in [-0.2, 0) is 9.59 Å². The molecule has 1 rings (SSSR count). The molecule has 5 heteroatoms. The Balaban J connectivity index is 2.36. The van der Waals surface area contributed by atoms with E-state index in [0.717, 1.165) is 25.7 Å². The van der Waals surface area contributed by atoms with Crippen molar-refractivity contribution in [3.05, 3.63) is 0 Å². The Labute approximate surface area is 95.9 Å². The van der Waals surface area contributed by atoms with Crippen LogP contribution in [-0.4, -0.2) is 23.9 Å². The van der Waals surface area contributed by atoms with Gasteiger partial charge in [0.15, 0.2) is 0 Å². The zero-order valence-electron chi connectivity index (χ0n) is 9.74. The van der Waals surface area contributed by atoms with Gasteiger partial charge in [0.05, 0.1) is 6.04 Å². The van der Waals surface area contributed by atoms with Crippen LogP contribution in [0.4, 0.5) is 0 Å². The van der Waals surface area contributed by atoms with Crippen molar-refractivity contribution in [1.29, 1.82) is 0 Å². The summed E-state index contributed by atoms with van der Waals surface area (Å²) >= 11 is 0. The second kappa shape index (κ2) is 5.84. The second-order valence-electron chi connectivity index (χ2n) is 4.48. The lowest BCUT2D eigenvalue weighted by Gasteiger charge is -2.29. The topological polar surface area (TPSA) is 98.2 Å². The number of nitrogens with one attached hydrogen (secondary N) is 1. The highest BCUT2D eigenvalue weighted by Crippen LogP contribution is 2.24. The van der Waals surface area contributed by atoms with E-state index in [1.807, 2.05) is 6.92 Å². The molecule has 5 nitrogen and oxygen atoms in total. The monoisotopic (exact) mass is 227 g/mol. The van der Waals surface area contributed by atoms with Gasteiger partial charge in [0, 0.05) is 12.0 Å². The van der Waals surface area contributed by atoms with E-state index in [2.05, 4.69) is 5.32 Å². The normalized spacial score (nSPS) is 27.3.